The van der Waals surface area contributed by atoms with Crippen LogP contribution in [-0.2, 0) is 9.53 Å². The molecule has 0 amide bonds. The molecule has 0 spiro atoms. The molecule has 7 heteroatoms. The normalized spacial score (nSPS) is 16.8. The van der Waals surface area contributed by atoms with Crippen molar-refractivity contribution in [3.05, 3.63) is 71.5 Å². The predicted molar refractivity (Wildman–Crippen MR) is 126 cm³/mol. The molecular formula is C26H28O7. The molecule has 174 valence electrons. The lowest BCUT2D eigenvalue weighted by Gasteiger charge is -2.24. The maximum Gasteiger partial charge on any atom is 0.200 e. The summed E-state index contributed by atoms with van der Waals surface area (Å²) in [5, 5.41) is 19.7. The summed E-state index contributed by atoms with van der Waals surface area (Å²) in [4.78, 5) is 12.1. The third-order valence-electron chi connectivity index (χ3n) is 4.96. The molecule has 1 atom stereocenters. The molecule has 7 nitrogen and oxygen atoms in total. The highest BCUT2D eigenvalue weighted by Gasteiger charge is 2.17. The highest BCUT2D eigenvalue weighted by atomic mass is 16.7. The van der Waals surface area contributed by atoms with Gasteiger partial charge in [0.2, 0.25) is 0 Å². The highest BCUT2D eigenvalue weighted by molar-refractivity contribution is 6.02. The maximum atomic E-state index is 12.1. The lowest BCUT2D eigenvalue weighted by atomic mass is 10.1. The first kappa shape index (κ1) is 23.9. The molecule has 3 rings (SSSR count). The van der Waals surface area contributed by atoms with Crippen molar-refractivity contribution in [2.24, 2.45) is 0 Å². The van der Waals surface area contributed by atoms with Gasteiger partial charge in [-0.2, -0.15) is 0 Å². The molecule has 0 radical (unpaired) electrons. The minimum atomic E-state index is -0.391. The van der Waals surface area contributed by atoms with Gasteiger partial charge in [-0.15, -0.1) is 0 Å². The molecule has 0 aliphatic carbocycles. The van der Waals surface area contributed by atoms with Crippen LogP contribution in [0, 0.1) is 0 Å². The average molecular weight is 453 g/mol. The summed E-state index contributed by atoms with van der Waals surface area (Å²) in [6.45, 7) is 0.691. The number of aliphatic hydroxyl groups is 1. The number of hydrogen-bond acceptors (Lipinski definition) is 7. The van der Waals surface area contributed by atoms with E-state index in [1.165, 1.54) is 25.3 Å². The fourth-order valence-corrected chi connectivity index (χ4v) is 3.23. The average Bonchev–Trinajstić information content (AvgIpc) is 2.83. The monoisotopic (exact) mass is 452 g/mol. The molecule has 1 saturated heterocycles. The van der Waals surface area contributed by atoms with Crippen LogP contribution in [0.3, 0.4) is 0 Å². The van der Waals surface area contributed by atoms with Crippen LogP contribution in [0.4, 0.5) is 0 Å². The van der Waals surface area contributed by atoms with Crippen molar-refractivity contribution in [2.75, 3.05) is 20.8 Å². The van der Waals surface area contributed by atoms with Crippen molar-refractivity contribution in [1.82, 2.24) is 0 Å². The third kappa shape index (κ3) is 7.15. The van der Waals surface area contributed by atoms with Crippen molar-refractivity contribution >= 4 is 17.9 Å². The lowest BCUT2D eigenvalue weighted by molar-refractivity contribution is -0.110. The van der Waals surface area contributed by atoms with Gasteiger partial charge < -0.3 is 29.2 Å². The van der Waals surface area contributed by atoms with Crippen LogP contribution in [0.25, 0.3) is 12.2 Å². The zero-order valence-corrected chi connectivity index (χ0v) is 18.7. The second kappa shape index (κ2) is 11.8. The molecule has 1 heterocycles. The number of hydrogen-bond donors (Lipinski definition) is 2. The Morgan fingerprint density at radius 2 is 1.67 bits per heavy atom. The molecule has 0 saturated carbocycles. The van der Waals surface area contributed by atoms with Crippen LogP contribution in [-0.4, -0.2) is 43.1 Å². The smallest absolute Gasteiger partial charge is 0.200 e. The first-order valence-corrected chi connectivity index (χ1v) is 10.6. The molecule has 1 unspecified atom stereocenters. The summed E-state index contributed by atoms with van der Waals surface area (Å²) in [5.41, 5.74) is 1.44. The van der Waals surface area contributed by atoms with Gasteiger partial charge in [-0.25, -0.2) is 0 Å². The van der Waals surface area contributed by atoms with E-state index < -0.39 is 5.78 Å². The Balaban J connectivity index is 1.62. The van der Waals surface area contributed by atoms with Gasteiger partial charge in [-0.1, -0.05) is 24.3 Å². The number of allylic oxidation sites excluding steroid dienone is 3. The SMILES string of the molecule is COc1cc(/C=C/C(=O)/C=C(O)/C=C/c2ccc(OC3CCCCO3)c(OC)c2)ccc1O. The number of aromatic hydroxyl groups is 1. The standard InChI is InChI=1S/C26H28O7/c1-30-24-15-18(8-12-22(24)29)6-10-20(27)17-21(28)11-7-19-9-13-23(25(16-19)31-2)33-26-5-3-4-14-32-26/h6-13,15-17,26,28-29H,3-5,14H2,1-2H3/b10-6+,11-7+,21-17-. The quantitative estimate of drug-likeness (QED) is 0.312. The maximum absolute atomic E-state index is 12.1. The molecule has 2 aromatic carbocycles. The van der Waals surface area contributed by atoms with Gasteiger partial charge in [0.1, 0.15) is 5.76 Å². The molecule has 1 aliphatic rings. The van der Waals surface area contributed by atoms with E-state index in [1.54, 1.807) is 43.5 Å². The van der Waals surface area contributed by atoms with Crippen molar-refractivity contribution in [3.63, 3.8) is 0 Å². The number of phenolic OH excluding ortho intramolecular Hbond substituents is 1. The zero-order chi connectivity index (χ0) is 23.6. The number of aliphatic hydroxyl groups excluding tert-OH is 1. The minimum absolute atomic E-state index is 0.0159. The van der Waals surface area contributed by atoms with Gasteiger partial charge in [0.25, 0.3) is 0 Å². The summed E-state index contributed by atoms with van der Waals surface area (Å²) in [6, 6.07) is 10.1. The van der Waals surface area contributed by atoms with Crippen molar-refractivity contribution < 1.29 is 34.0 Å². The van der Waals surface area contributed by atoms with E-state index >= 15 is 0 Å². The molecule has 1 fully saturated rings. The van der Waals surface area contributed by atoms with Crippen molar-refractivity contribution in [1.29, 1.82) is 0 Å². The van der Waals surface area contributed by atoms with Crippen molar-refractivity contribution in [2.45, 2.75) is 25.6 Å². The summed E-state index contributed by atoms with van der Waals surface area (Å²) in [6.07, 6.45) is 9.76. The number of ether oxygens (including phenoxy) is 4. The molecular weight excluding hydrogens is 424 g/mol. The van der Waals surface area contributed by atoms with Crippen molar-refractivity contribution in [3.8, 4) is 23.0 Å². The Hall–Kier alpha value is -3.71. The topological polar surface area (TPSA) is 94.5 Å². The van der Waals surface area contributed by atoms with Gasteiger partial charge in [-0.3, -0.25) is 4.79 Å². The van der Waals surface area contributed by atoms with E-state index in [1.807, 2.05) is 6.07 Å². The zero-order valence-electron chi connectivity index (χ0n) is 18.7. The van der Waals surface area contributed by atoms with Gasteiger partial charge in [-0.05, 0) is 60.4 Å². The van der Waals surface area contributed by atoms with E-state index in [-0.39, 0.29) is 17.8 Å². The Morgan fingerprint density at radius 1 is 0.970 bits per heavy atom. The van der Waals surface area contributed by atoms with E-state index in [9.17, 15) is 15.0 Å². The number of ketones is 1. The summed E-state index contributed by atoms with van der Waals surface area (Å²) in [7, 11) is 3.01. The molecule has 1 aliphatic heterocycles. The van der Waals surface area contributed by atoms with Crippen LogP contribution in [0.15, 0.2) is 60.4 Å². The first-order valence-electron chi connectivity index (χ1n) is 10.6. The molecule has 33 heavy (non-hydrogen) atoms. The molecule has 0 bridgehead atoms. The highest BCUT2D eigenvalue weighted by Crippen LogP contribution is 2.31. The first-order chi connectivity index (χ1) is 16.0. The third-order valence-corrected chi connectivity index (χ3v) is 4.96. The van der Waals surface area contributed by atoms with Gasteiger partial charge >= 0.3 is 0 Å². The van der Waals surface area contributed by atoms with Gasteiger partial charge in [0.15, 0.2) is 35.1 Å². The largest absolute Gasteiger partial charge is 0.508 e. The molecule has 0 aromatic heterocycles. The minimum Gasteiger partial charge on any atom is -0.508 e. The Labute approximate surface area is 193 Å². The number of carbonyl (C=O) groups excluding carboxylic acids is 1. The number of methoxy groups -OCH3 is 2. The number of benzene rings is 2. The van der Waals surface area contributed by atoms with Gasteiger partial charge in [0, 0.05) is 12.5 Å². The van der Waals surface area contributed by atoms with Crippen LogP contribution in [0.1, 0.15) is 30.4 Å². The summed E-state index contributed by atoms with van der Waals surface area (Å²) >= 11 is 0. The number of carbonyl (C=O) groups is 1. The van der Waals surface area contributed by atoms with E-state index in [4.69, 9.17) is 18.9 Å². The predicted octanol–water partition coefficient (Wildman–Crippen LogP) is 5.05. The molecule has 2 N–H and O–H groups in total. The fraction of sp³-hybridized carbons (Fsp3) is 0.269. The van der Waals surface area contributed by atoms with E-state index in [0.29, 0.717) is 29.4 Å². The van der Waals surface area contributed by atoms with Crippen LogP contribution < -0.4 is 14.2 Å². The van der Waals surface area contributed by atoms with Crippen LogP contribution in [0.2, 0.25) is 0 Å². The Morgan fingerprint density at radius 3 is 2.36 bits per heavy atom. The van der Waals surface area contributed by atoms with Crippen LogP contribution >= 0.6 is 0 Å². The van der Waals surface area contributed by atoms with E-state index in [0.717, 1.165) is 30.9 Å². The van der Waals surface area contributed by atoms with E-state index in [2.05, 4.69) is 0 Å². The lowest BCUT2D eigenvalue weighted by Crippen LogP contribution is -2.25. The second-order valence-electron chi connectivity index (χ2n) is 7.39. The number of rotatable bonds is 9. The summed E-state index contributed by atoms with van der Waals surface area (Å²) < 4.78 is 22.0. The number of phenols is 1. The van der Waals surface area contributed by atoms with Gasteiger partial charge in [0.05, 0.1) is 20.8 Å². The fourth-order valence-electron chi connectivity index (χ4n) is 3.23. The Kier molecular flexibility index (Phi) is 8.55. The summed E-state index contributed by atoms with van der Waals surface area (Å²) in [5.74, 6) is 0.887. The molecule has 2 aromatic rings. The van der Waals surface area contributed by atoms with Crippen LogP contribution in [0.5, 0.6) is 23.0 Å². The Bertz CT molecular complexity index is 1050. The second-order valence-corrected chi connectivity index (χ2v) is 7.39.